The third-order valence-electron chi connectivity index (χ3n) is 4.37. The van der Waals surface area contributed by atoms with Crippen LogP contribution in [0.15, 0.2) is 41.8 Å². The van der Waals surface area contributed by atoms with Crippen LogP contribution in [0.5, 0.6) is 11.5 Å². The number of thiazole rings is 1. The van der Waals surface area contributed by atoms with Crippen molar-refractivity contribution in [3.8, 4) is 22.8 Å². The zero-order valence-corrected chi connectivity index (χ0v) is 18.0. The van der Waals surface area contributed by atoms with Crippen LogP contribution in [0.2, 0.25) is 0 Å². The van der Waals surface area contributed by atoms with Crippen molar-refractivity contribution in [3.05, 3.63) is 58.5 Å². The van der Waals surface area contributed by atoms with Crippen LogP contribution in [0.3, 0.4) is 0 Å². The summed E-state index contributed by atoms with van der Waals surface area (Å²) >= 11 is 1.28. The number of nitrogens with zero attached hydrogens (tertiary/aromatic N) is 1. The second kappa shape index (κ2) is 9.41. The smallest absolute Gasteiger partial charge is 0.338 e. The maximum absolute atomic E-state index is 12.2. The van der Waals surface area contributed by atoms with Gasteiger partial charge in [0.05, 0.1) is 25.5 Å². The number of esters is 1. The summed E-state index contributed by atoms with van der Waals surface area (Å²) in [5.41, 5.74) is 3.81. The van der Waals surface area contributed by atoms with E-state index >= 15 is 0 Å². The van der Waals surface area contributed by atoms with E-state index in [0.29, 0.717) is 27.9 Å². The first-order valence-electron chi connectivity index (χ1n) is 9.13. The number of aromatic nitrogens is 1. The highest BCUT2D eigenvalue weighted by Gasteiger charge is 2.15. The largest absolute Gasteiger partial charge is 0.493 e. The first-order valence-corrected chi connectivity index (χ1v) is 10.0. The molecule has 1 aromatic heterocycles. The highest BCUT2D eigenvalue weighted by atomic mass is 32.1. The molecule has 0 radical (unpaired) electrons. The molecule has 0 saturated heterocycles. The average Bonchev–Trinajstić information content (AvgIpc) is 3.19. The monoisotopic (exact) mass is 426 g/mol. The van der Waals surface area contributed by atoms with Crippen LogP contribution in [0.1, 0.15) is 21.5 Å². The fraction of sp³-hybridized carbons (Fsp3) is 0.227. The maximum atomic E-state index is 12.2. The summed E-state index contributed by atoms with van der Waals surface area (Å²) in [7, 11) is 3.13. The predicted molar refractivity (Wildman–Crippen MR) is 115 cm³/mol. The number of anilines is 1. The fourth-order valence-corrected chi connectivity index (χ4v) is 3.60. The molecule has 0 saturated carbocycles. The zero-order valence-electron chi connectivity index (χ0n) is 17.1. The molecule has 30 heavy (non-hydrogen) atoms. The molecule has 1 amide bonds. The second-order valence-electron chi connectivity index (χ2n) is 6.55. The SMILES string of the molecule is COc1ccc(-c2csc(NC(=O)COC(=O)c3ccc(C)cc3C)n2)cc1OC. The van der Waals surface area contributed by atoms with E-state index in [1.165, 1.54) is 11.3 Å². The van der Waals surface area contributed by atoms with Gasteiger partial charge in [0.2, 0.25) is 0 Å². The number of ether oxygens (including phenoxy) is 3. The number of carbonyl (C=O) groups excluding carboxylic acids is 2. The van der Waals surface area contributed by atoms with Crippen molar-refractivity contribution >= 4 is 28.3 Å². The average molecular weight is 426 g/mol. The predicted octanol–water partition coefficient (Wildman–Crippen LogP) is 4.24. The number of nitrogens with one attached hydrogen (secondary N) is 1. The minimum atomic E-state index is -0.534. The Bertz CT molecular complexity index is 1080. The van der Waals surface area contributed by atoms with E-state index in [1.54, 1.807) is 26.4 Å². The van der Waals surface area contributed by atoms with Gasteiger partial charge in [-0.15, -0.1) is 11.3 Å². The van der Waals surface area contributed by atoms with Gasteiger partial charge < -0.3 is 14.2 Å². The number of aryl methyl sites for hydroxylation is 2. The molecular weight excluding hydrogens is 404 g/mol. The van der Waals surface area contributed by atoms with E-state index in [1.807, 2.05) is 43.5 Å². The molecule has 0 spiro atoms. The van der Waals surface area contributed by atoms with Crippen LogP contribution in [-0.4, -0.2) is 37.7 Å². The Morgan fingerprint density at radius 2 is 1.80 bits per heavy atom. The molecule has 0 fully saturated rings. The van der Waals surface area contributed by atoms with Gasteiger partial charge in [-0.3, -0.25) is 10.1 Å². The van der Waals surface area contributed by atoms with E-state index in [4.69, 9.17) is 14.2 Å². The number of rotatable bonds is 7. The van der Waals surface area contributed by atoms with E-state index in [0.717, 1.165) is 16.7 Å². The van der Waals surface area contributed by atoms with Crippen molar-refractivity contribution in [1.82, 2.24) is 4.98 Å². The quantitative estimate of drug-likeness (QED) is 0.569. The fourth-order valence-electron chi connectivity index (χ4n) is 2.87. The zero-order chi connectivity index (χ0) is 21.7. The van der Waals surface area contributed by atoms with E-state index in [-0.39, 0.29) is 0 Å². The molecular formula is C22H22N2O5S. The number of hydrogen-bond acceptors (Lipinski definition) is 7. The highest BCUT2D eigenvalue weighted by molar-refractivity contribution is 7.14. The molecule has 0 aliphatic rings. The van der Waals surface area contributed by atoms with Crippen LogP contribution in [0.25, 0.3) is 11.3 Å². The molecule has 2 aromatic carbocycles. The second-order valence-corrected chi connectivity index (χ2v) is 7.41. The Balaban J connectivity index is 1.60. The van der Waals surface area contributed by atoms with Crippen molar-refractivity contribution in [2.45, 2.75) is 13.8 Å². The summed E-state index contributed by atoms with van der Waals surface area (Å²) in [4.78, 5) is 28.8. The standard InChI is InChI=1S/C22H22N2O5S/c1-13-5-7-16(14(2)9-13)21(26)29-11-20(25)24-22-23-17(12-30-22)15-6-8-18(27-3)19(10-15)28-4/h5-10,12H,11H2,1-4H3,(H,23,24,25). The molecule has 0 bridgehead atoms. The third-order valence-corrected chi connectivity index (χ3v) is 5.12. The number of methoxy groups -OCH3 is 2. The van der Waals surface area contributed by atoms with Gasteiger partial charge in [-0.25, -0.2) is 9.78 Å². The Morgan fingerprint density at radius 1 is 1.03 bits per heavy atom. The summed E-state index contributed by atoms with van der Waals surface area (Å²) in [5, 5.41) is 4.88. The van der Waals surface area contributed by atoms with Crippen molar-refractivity contribution in [2.75, 3.05) is 26.1 Å². The number of carbonyl (C=O) groups is 2. The third kappa shape index (κ3) is 4.96. The number of amides is 1. The lowest BCUT2D eigenvalue weighted by Gasteiger charge is -2.08. The van der Waals surface area contributed by atoms with Crippen molar-refractivity contribution in [1.29, 1.82) is 0 Å². The molecule has 0 atom stereocenters. The molecule has 8 heteroatoms. The summed E-state index contributed by atoms with van der Waals surface area (Å²) < 4.78 is 15.7. The van der Waals surface area contributed by atoms with Crippen LogP contribution in [0, 0.1) is 13.8 Å². The van der Waals surface area contributed by atoms with Gasteiger partial charge in [-0.05, 0) is 43.7 Å². The normalized spacial score (nSPS) is 10.4. The maximum Gasteiger partial charge on any atom is 0.338 e. The van der Waals surface area contributed by atoms with Crippen LogP contribution < -0.4 is 14.8 Å². The summed E-state index contributed by atoms with van der Waals surface area (Å²) in [5.74, 6) is 0.219. The summed E-state index contributed by atoms with van der Waals surface area (Å²) in [6, 6.07) is 10.9. The lowest BCUT2D eigenvalue weighted by atomic mass is 10.1. The summed E-state index contributed by atoms with van der Waals surface area (Å²) in [6.07, 6.45) is 0. The Kier molecular flexibility index (Phi) is 6.68. The lowest BCUT2D eigenvalue weighted by Crippen LogP contribution is -2.21. The summed E-state index contributed by atoms with van der Waals surface area (Å²) in [6.45, 7) is 3.38. The van der Waals surface area contributed by atoms with E-state index < -0.39 is 18.5 Å². The highest BCUT2D eigenvalue weighted by Crippen LogP contribution is 2.33. The van der Waals surface area contributed by atoms with E-state index in [2.05, 4.69) is 10.3 Å². The number of hydrogen-bond donors (Lipinski definition) is 1. The van der Waals surface area contributed by atoms with Gasteiger partial charge in [0.1, 0.15) is 0 Å². The lowest BCUT2D eigenvalue weighted by molar-refractivity contribution is -0.119. The Labute approximate surface area is 178 Å². The minimum absolute atomic E-state index is 0.391. The van der Waals surface area contributed by atoms with Crippen molar-refractivity contribution in [2.24, 2.45) is 0 Å². The van der Waals surface area contributed by atoms with Gasteiger partial charge >= 0.3 is 5.97 Å². The van der Waals surface area contributed by atoms with Gasteiger partial charge in [-0.2, -0.15) is 0 Å². The van der Waals surface area contributed by atoms with Crippen molar-refractivity contribution in [3.63, 3.8) is 0 Å². The topological polar surface area (TPSA) is 86.8 Å². The Morgan fingerprint density at radius 3 is 2.50 bits per heavy atom. The molecule has 1 N–H and O–H groups in total. The molecule has 0 aliphatic carbocycles. The number of benzene rings is 2. The van der Waals surface area contributed by atoms with Crippen LogP contribution in [-0.2, 0) is 9.53 Å². The molecule has 7 nitrogen and oxygen atoms in total. The van der Waals surface area contributed by atoms with Crippen LogP contribution in [0.4, 0.5) is 5.13 Å². The first kappa shape index (κ1) is 21.3. The molecule has 0 aliphatic heterocycles. The molecule has 3 rings (SSSR count). The van der Waals surface area contributed by atoms with Crippen LogP contribution >= 0.6 is 11.3 Å². The molecule has 0 unspecified atom stereocenters. The first-order chi connectivity index (χ1) is 14.4. The Hall–Kier alpha value is -3.39. The molecule has 3 aromatic rings. The molecule has 156 valence electrons. The van der Waals surface area contributed by atoms with E-state index in [9.17, 15) is 9.59 Å². The van der Waals surface area contributed by atoms with Gasteiger partial charge in [-0.1, -0.05) is 17.7 Å². The van der Waals surface area contributed by atoms with Gasteiger partial charge in [0.25, 0.3) is 5.91 Å². The van der Waals surface area contributed by atoms with Gasteiger partial charge in [0, 0.05) is 10.9 Å². The molecule has 1 heterocycles. The van der Waals surface area contributed by atoms with Gasteiger partial charge in [0.15, 0.2) is 23.2 Å². The minimum Gasteiger partial charge on any atom is -0.493 e. The van der Waals surface area contributed by atoms with Crippen molar-refractivity contribution < 1.29 is 23.8 Å².